The van der Waals surface area contributed by atoms with Crippen molar-refractivity contribution < 1.29 is 9.84 Å². The molecule has 5 nitrogen and oxygen atoms in total. The van der Waals surface area contributed by atoms with Gasteiger partial charge in [0, 0.05) is 31.5 Å². The number of rotatable bonds is 7. The van der Waals surface area contributed by atoms with E-state index in [4.69, 9.17) is 9.84 Å². The molecule has 0 spiro atoms. The van der Waals surface area contributed by atoms with Crippen LogP contribution in [0.15, 0.2) is 0 Å². The largest absolute Gasteiger partial charge is 0.394 e. The lowest BCUT2D eigenvalue weighted by molar-refractivity contribution is 0.0230. The molecule has 0 aliphatic rings. The van der Waals surface area contributed by atoms with Gasteiger partial charge in [0.1, 0.15) is 0 Å². The molecule has 5 heteroatoms. The summed E-state index contributed by atoms with van der Waals surface area (Å²) in [6.45, 7) is 10.4. The number of hydrogen-bond acceptors (Lipinski definition) is 4. The van der Waals surface area contributed by atoms with E-state index in [-0.39, 0.29) is 12.2 Å². The lowest BCUT2D eigenvalue weighted by atomic mass is 10.1. The molecule has 2 N–H and O–H groups in total. The highest BCUT2D eigenvalue weighted by Crippen LogP contribution is 2.13. The van der Waals surface area contributed by atoms with Crippen molar-refractivity contribution in [3.63, 3.8) is 0 Å². The molecule has 0 bridgehead atoms. The second kappa shape index (κ2) is 6.31. The fourth-order valence-corrected chi connectivity index (χ4v) is 1.86. The number of ether oxygens (including phenoxy) is 1. The van der Waals surface area contributed by atoms with Crippen LogP contribution in [-0.4, -0.2) is 40.7 Å². The molecule has 0 aliphatic carbocycles. The van der Waals surface area contributed by atoms with E-state index < -0.39 is 0 Å². The molecule has 0 saturated heterocycles. The summed E-state index contributed by atoms with van der Waals surface area (Å²) in [5.74, 6) is 0. The maximum Gasteiger partial charge on any atom is 0.0746 e. The number of hydrogen-bond donors (Lipinski definition) is 2. The first-order valence-electron chi connectivity index (χ1n) is 6.31. The normalized spacial score (nSPS) is 12.1. The van der Waals surface area contributed by atoms with E-state index in [1.165, 1.54) is 5.56 Å². The minimum absolute atomic E-state index is 0.117. The standard InChI is InChI=1S/C13H25N3O2/c1-10-12(8-14-9-13(3,4)18-5)11(2)16(15-10)6-7-17/h14,17H,6-9H2,1-5H3. The van der Waals surface area contributed by atoms with E-state index in [9.17, 15) is 0 Å². The highest BCUT2D eigenvalue weighted by Gasteiger charge is 2.17. The summed E-state index contributed by atoms with van der Waals surface area (Å²) in [5.41, 5.74) is 3.17. The van der Waals surface area contributed by atoms with E-state index in [1.54, 1.807) is 7.11 Å². The van der Waals surface area contributed by atoms with Crippen molar-refractivity contribution in [3.05, 3.63) is 17.0 Å². The van der Waals surface area contributed by atoms with Crippen molar-refractivity contribution in [1.82, 2.24) is 15.1 Å². The van der Waals surface area contributed by atoms with Crippen molar-refractivity contribution in [1.29, 1.82) is 0 Å². The van der Waals surface area contributed by atoms with Crippen LogP contribution in [0.25, 0.3) is 0 Å². The monoisotopic (exact) mass is 255 g/mol. The van der Waals surface area contributed by atoms with Gasteiger partial charge in [0.25, 0.3) is 0 Å². The summed E-state index contributed by atoms with van der Waals surface area (Å²) in [7, 11) is 1.72. The number of aliphatic hydroxyl groups excluding tert-OH is 1. The molecule has 0 fully saturated rings. The van der Waals surface area contributed by atoms with E-state index in [0.717, 1.165) is 24.5 Å². The van der Waals surface area contributed by atoms with E-state index in [2.05, 4.69) is 24.3 Å². The van der Waals surface area contributed by atoms with Gasteiger partial charge in [-0.25, -0.2) is 0 Å². The average molecular weight is 255 g/mol. The number of methoxy groups -OCH3 is 1. The number of nitrogens with zero attached hydrogens (tertiary/aromatic N) is 2. The Bertz CT molecular complexity index is 386. The number of nitrogens with one attached hydrogen (secondary N) is 1. The molecule has 0 aliphatic heterocycles. The molecular weight excluding hydrogens is 230 g/mol. The average Bonchev–Trinajstić information content (AvgIpc) is 2.57. The van der Waals surface area contributed by atoms with Crippen LogP contribution in [-0.2, 0) is 17.8 Å². The van der Waals surface area contributed by atoms with Gasteiger partial charge in [-0.05, 0) is 27.7 Å². The highest BCUT2D eigenvalue weighted by molar-refractivity contribution is 5.24. The van der Waals surface area contributed by atoms with Crippen LogP contribution in [0.5, 0.6) is 0 Å². The zero-order valence-corrected chi connectivity index (χ0v) is 12.1. The number of aromatic nitrogens is 2. The SMILES string of the molecule is COC(C)(C)CNCc1c(C)nn(CCO)c1C. The van der Waals surface area contributed by atoms with Gasteiger partial charge in [-0.3, -0.25) is 4.68 Å². The van der Waals surface area contributed by atoms with Gasteiger partial charge in [0.15, 0.2) is 0 Å². The second-order valence-electron chi connectivity index (χ2n) is 5.16. The molecule has 1 aromatic heterocycles. The maximum absolute atomic E-state index is 8.97. The molecule has 0 atom stereocenters. The first-order chi connectivity index (χ1) is 8.41. The van der Waals surface area contributed by atoms with Crippen LogP contribution < -0.4 is 5.32 Å². The minimum Gasteiger partial charge on any atom is -0.394 e. The van der Waals surface area contributed by atoms with Crippen LogP contribution in [0.4, 0.5) is 0 Å². The molecule has 18 heavy (non-hydrogen) atoms. The molecule has 0 amide bonds. The van der Waals surface area contributed by atoms with Crippen LogP contribution >= 0.6 is 0 Å². The summed E-state index contributed by atoms with van der Waals surface area (Å²) in [4.78, 5) is 0. The summed E-state index contributed by atoms with van der Waals surface area (Å²) in [6, 6.07) is 0. The molecule has 0 radical (unpaired) electrons. The Labute approximate surface area is 109 Å². The molecule has 1 heterocycles. The number of aryl methyl sites for hydroxylation is 1. The lowest BCUT2D eigenvalue weighted by Gasteiger charge is -2.23. The maximum atomic E-state index is 8.97. The summed E-state index contributed by atoms with van der Waals surface area (Å²) in [5, 5.41) is 16.8. The van der Waals surface area contributed by atoms with Crippen LogP contribution in [0, 0.1) is 13.8 Å². The molecular formula is C13H25N3O2. The van der Waals surface area contributed by atoms with Gasteiger partial charge in [0.2, 0.25) is 0 Å². The fraction of sp³-hybridized carbons (Fsp3) is 0.769. The topological polar surface area (TPSA) is 59.3 Å². The van der Waals surface area contributed by atoms with E-state index in [1.807, 2.05) is 18.5 Å². The quantitative estimate of drug-likeness (QED) is 0.763. The first-order valence-corrected chi connectivity index (χ1v) is 6.31. The highest BCUT2D eigenvalue weighted by atomic mass is 16.5. The van der Waals surface area contributed by atoms with Crippen molar-refractivity contribution in [2.24, 2.45) is 0 Å². The smallest absolute Gasteiger partial charge is 0.0746 e. The molecule has 1 aromatic rings. The molecule has 0 unspecified atom stereocenters. The van der Waals surface area contributed by atoms with Crippen molar-refractivity contribution >= 4 is 0 Å². The summed E-state index contributed by atoms with van der Waals surface area (Å²) < 4.78 is 7.22. The predicted molar refractivity (Wildman–Crippen MR) is 71.6 cm³/mol. The van der Waals surface area contributed by atoms with Gasteiger partial charge in [-0.15, -0.1) is 0 Å². The Balaban J connectivity index is 2.62. The van der Waals surface area contributed by atoms with Crippen molar-refractivity contribution in [3.8, 4) is 0 Å². The van der Waals surface area contributed by atoms with Crippen LogP contribution in [0.2, 0.25) is 0 Å². The van der Waals surface area contributed by atoms with Gasteiger partial charge in [-0.1, -0.05) is 0 Å². The third-order valence-electron chi connectivity index (χ3n) is 3.25. The number of aliphatic hydroxyl groups is 1. The zero-order chi connectivity index (χ0) is 13.8. The Hall–Kier alpha value is -0.910. The first kappa shape index (κ1) is 15.1. The Morgan fingerprint density at radius 1 is 1.39 bits per heavy atom. The van der Waals surface area contributed by atoms with Gasteiger partial charge in [0.05, 0.1) is 24.4 Å². The fourth-order valence-electron chi connectivity index (χ4n) is 1.86. The molecule has 104 valence electrons. The van der Waals surface area contributed by atoms with E-state index in [0.29, 0.717) is 6.54 Å². The molecule has 0 saturated carbocycles. The Morgan fingerprint density at radius 2 is 2.06 bits per heavy atom. The molecule has 1 rings (SSSR count). The van der Waals surface area contributed by atoms with Crippen LogP contribution in [0.1, 0.15) is 30.8 Å². The lowest BCUT2D eigenvalue weighted by Crippen LogP contribution is -2.36. The van der Waals surface area contributed by atoms with Gasteiger partial charge in [-0.2, -0.15) is 5.10 Å². The third-order valence-corrected chi connectivity index (χ3v) is 3.25. The summed E-state index contributed by atoms with van der Waals surface area (Å²) >= 11 is 0. The zero-order valence-electron chi connectivity index (χ0n) is 12.1. The van der Waals surface area contributed by atoms with E-state index >= 15 is 0 Å². The molecule has 0 aromatic carbocycles. The van der Waals surface area contributed by atoms with Crippen molar-refractivity contribution in [2.75, 3.05) is 20.3 Å². The Kier molecular flexibility index (Phi) is 5.31. The predicted octanol–water partition coefficient (Wildman–Crippen LogP) is 1.01. The third kappa shape index (κ3) is 3.80. The summed E-state index contributed by atoms with van der Waals surface area (Å²) in [6.07, 6.45) is 0. The Morgan fingerprint density at radius 3 is 2.61 bits per heavy atom. The van der Waals surface area contributed by atoms with Crippen LogP contribution in [0.3, 0.4) is 0 Å². The second-order valence-corrected chi connectivity index (χ2v) is 5.16. The van der Waals surface area contributed by atoms with Crippen molar-refractivity contribution in [2.45, 2.75) is 46.4 Å². The van der Waals surface area contributed by atoms with Gasteiger partial charge < -0.3 is 15.2 Å². The minimum atomic E-state index is -0.164. The van der Waals surface area contributed by atoms with Gasteiger partial charge >= 0.3 is 0 Å².